The van der Waals surface area contributed by atoms with Crippen LogP contribution in [0.5, 0.6) is 0 Å². The van der Waals surface area contributed by atoms with E-state index in [1.54, 1.807) is 21.2 Å². The van der Waals surface area contributed by atoms with E-state index in [4.69, 9.17) is 4.98 Å². The number of nitrogens with zero attached hydrogens (tertiary/aromatic N) is 3. The Morgan fingerprint density at radius 2 is 1.79 bits per heavy atom. The Kier molecular flexibility index (Phi) is 7.11. The van der Waals surface area contributed by atoms with Gasteiger partial charge in [0.2, 0.25) is 5.91 Å². The molecule has 1 fully saturated rings. The van der Waals surface area contributed by atoms with Gasteiger partial charge >= 0.3 is 0 Å². The SMILES string of the molecule is O=C(CNCCc1ccccc1)N1CCc2nc(SC3CCC3)n(-c3ccccc3)c(=O)c2C1. The zero-order valence-electron chi connectivity index (χ0n) is 19.3. The van der Waals surface area contributed by atoms with E-state index < -0.39 is 0 Å². The lowest BCUT2D eigenvalue weighted by atomic mass is 10.0. The lowest BCUT2D eigenvalue weighted by Crippen LogP contribution is -2.44. The molecule has 0 atom stereocenters. The molecule has 2 heterocycles. The number of nitrogens with one attached hydrogen (secondary N) is 1. The standard InChI is InChI=1S/C27H30N4O2S/c32-25(18-28-16-14-20-8-3-1-4-9-20)30-17-15-24-23(19-30)26(33)31(21-10-5-2-6-11-21)27(29-24)34-22-12-7-13-22/h1-6,8-11,22,28H,7,12-19H2. The summed E-state index contributed by atoms with van der Waals surface area (Å²) >= 11 is 1.72. The minimum Gasteiger partial charge on any atom is -0.337 e. The Balaban J connectivity index is 1.30. The molecule has 1 amide bonds. The van der Waals surface area contributed by atoms with E-state index >= 15 is 0 Å². The summed E-state index contributed by atoms with van der Waals surface area (Å²) in [5, 5.41) is 4.57. The van der Waals surface area contributed by atoms with Crippen molar-refractivity contribution >= 4 is 17.7 Å². The third-order valence-electron chi connectivity index (χ3n) is 6.60. The van der Waals surface area contributed by atoms with Crippen molar-refractivity contribution in [2.45, 2.75) is 49.1 Å². The number of thioether (sulfide) groups is 1. The number of benzene rings is 2. The Hall–Kier alpha value is -2.90. The fourth-order valence-electron chi connectivity index (χ4n) is 4.37. The van der Waals surface area contributed by atoms with Crippen LogP contribution in [-0.4, -0.2) is 45.2 Å². The van der Waals surface area contributed by atoms with Gasteiger partial charge in [-0.15, -0.1) is 0 Å². The Bertz CT molecular complexity index is 1190. The van der Waals surface area contributed by atoms with E-state index in [1.165, 1.54) is 24.8 Å². The molecule has 176 valence electrons. The number of aromatic nitrogens is 2. The summed E-state index contributed by atoms with van der Waals surface area (Å²) in [6.07, 6.45) is 5.09. The molecule has 2 aromatic carbocycles. The first-order chi connectivity index (χ1) is 16.7. The van der Waals surface area contributed by atoms with Gasteiger partial charge in [-0.3, -0.25) is 14.2 Å². The zero-order chi connectivity index (χ0) is 23.3. The van der Waals surface area contributed by atoms with Crippen LogP contribution in [0.2, 0.25) is 0 Å². The van der Waals surface area contributed by atoms with E-state index in [2.05, 4.69) is 17.4 Å². The van der Waals surface area contributed by atoms with Crippen molar-refractivity contribution in [1.82, 2.24) is 19.8 Å². The molecule has 5 rings (SSSR count). The van der Waals surface area contributed by atoms with Crippen LogP contribution in [0.15, 0.2) is 70.6 Å². The van der Waals surface area contributed by atoms with Crippen LogP contribution in [-0.2, 0) is 24.2 Å². The molecule has 0 unspecified atom stereocenters. The van der Waals surface area contributed by atoms with Gasteiger partial charge in [0.1, 0.15) is 0 Å². The van der Waals surface area contributed by atoms with Crippen molar-refractivity contribution in [2.75, 3.05) is 19.6 Å². The van der Waals surface area contributed by atoms with Crippen molar-refractivity contribution in [3.8, 4) is 5.69 Å². The van der Waals surface area contributed by atoms with Gasteiger partial charge < -0.3 is 10.2 Å². The number of para-hydroxylation sites is 1. The van der Waals surface area contributed by atoms with Gasteiger partial charge in [0.15, 0.2) is 5.16 Å². The third kappa shape index (κ3) is 5.10. The van der Waals surface area contributed by atoms with E-state index in [-0.39, 0.29) is 18.0 Å². The monoisotopic (exact) mass is 474 g/mol. The number of rotatable bonds is 8. The quantitative estimate of drug-likeness (QED) is 0.399. The highest BCUT2D eigenvalue weighted by atomic mass is 32.2. The number of hydrogen-bond donors (Lipinski definition) is 1. The fourth-order valence-corrected chi connectivity index (χ4v) is 5.70. The third-order valence-corrected chi connectivity index (χ3v) is 7.89. The summed E-state index contributed by atoms with van der Waals surface area (Å²) in [7, 11) is 0. The van der Waals surface area contributed by atoms with Crippen molar-refractivity contribution in [3.63, 3.8) is 0 Å². The number of hydrogen-bond acceptors (Lipinski definition) is 5. The summed E-state index contributed by atoms with van der Waals surface area (Å²) in [6, 6.07) is 20.0. The van der Waals surface area contributed by atoms with E-state index in [1.807, 2.05) is 48.5 Å². The van der Waals surface area contributed by atoms with Gasteiger partial charge in [-0.1, -0.05) is 66.7 Å². The molecule has 2 aliphatic rings. The number of carbonyl (C=O) groups is 1. The van der Waals surface area contributed by atoms with Gasteiger partial charge in [-0.2, -0.15) is 0 Å². The van der Waals surface area contributed by atoms with Gasteiger partial charge in [0.25, 0.3) is 5.56 Å². The van der Waals surface area contributed by atoms with Crippen molar-refractivity contribution in [1.29, 1.82) is 0 Å². The average Bonchev–Trinajstić information content (AvgIpc) is 2.85. The Morgan fingerprint density at radius 1 is 1.06 bits per heavy atom. The van der Waals surface area contributed by atoms with Crippen molar-refractivity contribution in [2.24, 2.45) is 0 Å². The van der Waals surface area contributed by atoms with Gasteiger partial charge in [0, 0.05) is 18.2 Å². The second-order valence-corrected chi connectivity index (χ2v) is 10.2. The number of amides is 1. The fraction of sp³-hybridized carbons (Fsp3) is 0.370. The van der Waals surface area contributed by atoms with Gasteiger partial charge in [0.05, 0.1) is 30.0 Å². The van der Waals surface area contributed by atoms with Crippen molar-refractivity contribution < 1.29 is 4.79 Å². The molecular formula is C27H30N4O2S. The maximum atomic E-state index is 13.7. The molecule has 6 nitrogen and oxygen atoms in total. The molecule has 1 saturated carbocycles. The lowest BCUT2D eigenvalue weighted by Gasteiger charge is -2.30. The maximum Gasteiger partial charge on any atom is 0.264 e. The lowest BCUT2D eigenvalue weighted by molar-refractivity contribution is -0.131. The molecule has 1 aromatic heterocycles. The summed E-state index contributed by atoms with van der Waals surface area (Å²) in [5.41, 5.74) is 3.52. The molecule has 1 aliphatic heterocycles. The smallest absolute Gasteiger partial charge is 0.264 e. The predicted octanol–water partition coefficient (Wildman–Crippen LogP) is 3.59. The van der Waals surface area contributed by atoms with E-state index in [0.29, 0.717) is 30.3 Å². The van der Waals surface area contributed by atoms with Gasteiger partial charge in [-0.05, 0) is 43.5 Å². The maximum absolute atomic E-state index is 13.7. The number of carbonyl (C=O) groups excluding carboxylic acids is 1. The summed E-state index contributed by atoms with van der Waals surface area (Å²) in [5.74, 6) is 0.0253. The largest absolute Gasteiger partial charge is 0.337 e. The van der Waals surface area contributed by atoms with E-state index in [0.717, 1.165) is 29.5 Å². The second-order valence-electron chi connectivity index (χ2n) is 8.94. The molecule has 1 aliphatic carbocycles. The first kappa shape index (κ1) is 22.9. The zero-order valence-corrected chi connectivity index (χ0v) is 20.1. The number of fused-ring (bicyclic) bond motifs is 1. The topological polar surface area (TPSA) is 67.2 Å². The molecule has 1 N–H and O–H groups in total. The van der Waals surface area contributed by atoms with Crippen LogP contribution < -0.4 is 10.9 Å². The Labute approximate surface area is 204 Å². The highest BCUT2D eigenvalue weighted by Gasteiger charge is 2.28. The van der Waals surface area contributed by atoms with Crippen LogP contribution in [0.25, 0.3) is 5.69 Å². The average molecular weight is 475 g/mol. The predicted molar refractivity (Wildman–Crippen MR) is 135 cm³/mol. The second kappa shape index (κ2) is 10.6. The summed E-state index contributed by atoms with van der Waals surface area (Å²) in [6.45, 7) is 1.94. The van der Waals surface area contributed by atoms with Crippen molar-refractivity contribution in [3.05, 3.63) is 87.8 Å². The molecule has 7 heteroatoms. The molecule has 3 aromatic rings. The molecule has 0 saturated heterocycles. The highest BCUT2D eigenvalue weighted by Crippen LogP contribution is 2.36. The van der Waals surface area contributed by atoms with Crippen LogP contribution >= 0.6 is 11.8 Å². The summed E-state index contributed by atoms with van der Waals surface area (Å²) < 4.78 is 1.74. The normalized spacial score (nSPS) is 15.6. The molecule has 34 heavy (non-hydrogen) atoms. The minimum absolute atomic E-state index is 0.0253. The first-order valence-electron chi connectivity index (χ1n) is 12.1. The van der Waals surface area contributed by atoms with Crippen LogP contribution in [0.1, 0.15) is 36.1 Å². The van der Waals surface area contributed by atoms with E-state index in [9.17, 15) is 9.59 Å². The van der Waals surface area contributed by atoms with Gasteiger partial charge in [-0.25, -0.2) is 4.98 Å². The molecule has 0 radical (unpaired) electrons. The summed E-state index contributed by atoms with van der Waals surface area (Å²) in [4.78, 5) is 33.3. The molecular weight excluding hydrogens is 444 g/mol. The van der Waals surface area contributed by atoms with Crippen LogP contribution in [0.3, 0.4) is 0 Å². The minimum atomic E-state index is -0.0486. The van der Waals surface area contributed by atoms with Crippen LogP contribution in [0, 0.1) is 0 Å². The molecule has 0 bridgehead atoms. The Morgan fingerprint density at radius 3 is 2.50 bits per heavy atom. The first-order valence-corrected chi connectivity index (χ1v) is 13.0. The highest BCUT2D eigenvalue weighted by molar-refractivity contribution is 7.99. The van der Waals surface area contributed by atoms with Crippen LogP contribution in [0.4, 0.5) is 0 Å². The molecule has 0 spiro atoms.